The molecule has 1 aromatic carbocycles. The van der Waals surface area contributed by atoms with Crippen LogP contribution in [0.2, 0.25) is 5.02 Å². The van der Waals surface area contributed by atoms with Gasteiger partial charge in [0.2, 0.25) is 0 Å². The zero-order valence-electron chi connectivity index (χ0n) is 12.1. The van der Waals surface area contributed by atoms with E-state index in [0.717, 1.165) is 25.9 Å². The lowest BCUT2D eigenvalue weighted by Crippen LogP contribution is -2.42. The molecule has 2 N–H and O–H groups in total. The highest BCUT2D eigenvalue weighted by Gasteiger charge is 2.32. The molecule has 0 spiro atoms. The van der Waals surface area contributed by atoms with Gasteiger partial charge in [-0.25, -0.2) is 4.39 Å². The summed E-state index contributed by atoms with van der Waals surface area (Å²) in [6.07, 6.45) is 2.27. The SMILES string of the molecule is CN(C)CC1CCCN1C(CN)c1cc(Cl)ccc1F. The molecule has 1 heterocycles. The molecule has 2 atom stereocenters. The third-order valence-electron chi connectivity index (χ3n) is 3.94. The first-order valence-corrected chi connectivity index (χ1v) is 7.46. The molecule has 1 aliphatic rings. The Morgan fingerprint density at radius 3 is 2.90 bits per heavy atom. The van der Waals surface area contributed by atoms with Gasteiger partial charge in [-0.05, 0) is 51.7 Å². The first kappa shape index (κ1) is 15.7. The molecule has 1 fully saturated rings. The van der Waals surface area contributed by atoms with Crippen molar-refractivity contribution in [1.29, 1.82) is 0 Å². The maximum Gasteiger partial charge on any atom is 0.128 e. The lowest BCUT2D eigenvalue weighted by Gasteiger charge is -2.34. The van der Waals surface area contributed by atoms with Gasteiger partial charge in [0.1, 0.15) is 5.82 Å². The summed E-state index contributed by atoms with van der Waals surface area (Å²) in [5.41, 5.74) is 6.55. The second kappa shape index (κ2) is 6.85. The Kier molecular flexibility index (Phi) is 5.38. The Hall–Kier alpha value is -0.680. The van der Waals surface area contributed by atoms with E-state index < -0.39 is 0 Å². The summed E-state index contributed by atoms with van der Waals surface area (Å²) in [5.74, 6) is -0.222. The van der Waals surface area contributed by atoms with Gasteiger partial charge in [-0.15, -0.1) is 0 Å². The number of likely N-dealkylation sites (tertiary alicyclic amines) is 1. The summed E-state index contributed by atoms with van der Waals surface area (Å²) in [4.78, 5) is 4.50. The van der Waals surface area contributed by atoms with E-state index in [0.29, 0.717) is 23.2 Å². The van der Waals surface area contributed by atoms with Crippen LogP contribution >= 0.6 is 11.6 Å². The number of hydrogen-bond donors (Lipinski definition) is 1. The van der Waals surface area contributed by atoms with E-state index in [1.165, 1.54) is 6.07 Å². The van der Waals surface area contributed by atoms with Gasteiger partial charge >= 0.3 is 0 Å². The van der Waals surface area contributed by atoms with E-state index in [2.05, 4.69) is 23.9 Å². The minimum atomic E-state index is -0.222. The fourth-order valence-corrected chi connectivity index (χ4v) is 3.28. The van der Waals surface area contributed by atoms with E-state index in [-0.39, 0.29) is 11.9 Å². The summed E-state index contributed by atoms with van der Waals surface area (Å²) in [6, 6.07) is 5.05. The van der Waals surface area contributed by atoms with E-state index in [9.17, 15) is 4.39 Å². The third kappa shape index (κ3) is 3.50. The smallest absolute Gasteiger partial charge is 0.128 e. The lowest BCUT2D eigenvalue weighted by atomic mass is 10.0. The predicted molar refractivity (Wildman–Crippen MR) is 81.5 cm³/mol. The molecule has 2 rings (SSSR count). The monoisotopic (exact) mass is 299 g/mol. The number of nitrogens with two attached hydrogens (primary N) is 1. The lowest BCUT2D eigenvalue weighted by molar-refractivity contribution is 0.153. The molecule has 0 saturated carbocycles. The van der Waals surface area contributed by atoms with Crippen molar-refractivity contribution in [2.75, 3.05) is 33.7 Å². The summed E-state index contributed by atoms with van der Waals surface area (Å²) in [6.45, 7) is 2.34. The second-order valence-electron chi connectivity index (χ2n) is 5.71. The van der Waals surface area contributed by atoms with Crippen LogP contribution in [-0.4, -0.2) is 49.6 Å². The van der Waals surface area contributed by atoms with Crippen molar-refractivity contribution in [2.24, 2.45) is 5.73 Å². The third-order valence-corrected chi connectivity index (χ3v) is 4.17. The van der Waals surface area contributed by atoms with Gasteiger partial charge in [0.25, 0.3) is 0 Å². The van der Waals surface area contributed by atoms with Crippen LogP contribution in [0, 0.1) is 5.82 Å². The fraction of sp³-hybridized carbons (Fsp3) is 0.600. The van der Waals surface area contributed by atoms with Gasteiger partial charge in [0.05, 0.1) is 6.04 Å². The van der Waals surface area contributed by atoms with Crippen LogP contribution in [0.25, 0.3) is 0 Å². The van der Waals surface area contributed by atoms with Gasteiger partial charge in [-0.3, -0.25) is 4.90 Å². The predicted octanol–water partition coefficient (Wildman–Crippen LogP) is 2.50. The highest BCUT2D eigenvalue weighted by Crippen LogP contribution is 2.31. The first-order valence-electron chi connectivity index (χ1n) is 7.08. The van der Waals surface area contributed by atoms with E-state index in [1.807, 2.05) is 0 Å². The van der Waals surface area contributed by atoms with E-state index in [1.54, 1.807) is 12.1 Å². The molecule has 1 aliphatic heterocycles. The zero-order chi connectivity index (χ0) is 14.7. The van der Waals surface area contributed by atoms with Crippen molar-refractivity contribution in [3.8, 4) is 0 Å². The quantitative estimate of drug-likeness (QED) is 0.907. The minimum Gasteiger partial charge on any atom is -0.329 e. The summed E-state index contributed by atoms with van der Waals surface area (Å²) < 4.78 is 14.1. The first-order chi connectivity index (χ1) is 9.52. The molecule has 0 radical (unpaired) electrons. The average Bonchev–Trinajstić information content (AvgIpc) is 2.82. The van der Waals surface area contributed by atoms with Crippen LogP contribution in [-0.2, 0) is 0 Å². The normalized spacial score (nSPS) is 21.6. The van der Waals surface area contributed by atoms with Crippen molar-refractivity contribution >= 4 is 11.6 Å². The Balaban J connectivity index is 2.24. The number of rotatable bonds is 5. The van der Waals surface area contributed by atoms with Crippen LogP contribution in [0.5, 0.6) is 0 Å². The molecule has 20 heavy (non-hydrogen) atoms. The zero-order valence-corrected chi connectivity index (χ0v) is 12.9. The van der Waals surface area contributed by atoms with Gasteiger partial charge in [-0.1, -0.05) is 11.6 Å². The maximum atomic E-state index is 14.1. The molecule has 0 amide bonds. The van der Waals surface area contributed by atoms with E-state index in [4.69, 9.17) is 17.3 Å². The highest BCUT2D eigenvalue weighted by molar-refractivity contribution is 6.30. The van der Waals surface area contributed by atoms with Gasteiger partial charge in [0.15, 0.2) is 0 Å². The number of likely N-dealkylation sites (N-methyl/N-ethyl adjacent to an activating group) is 1. The molecule has 1 aromatic rings. The highest BCUT2D eigenvalue weighted by atomic mass is 35.5. The number of nitrogens with zero attached hydrogens (tertiary/aromatic N) is 2. The van der Waals surface area contributed by atoms with Crippen LogP contribution in [0.1, 0.15) is 24.4 Å². The van der Waals surface area contributed by atoms with Crippen LogP contribution < -0.4 is 5.73 Å². The summed E-state index contributed by atoms with van der Waals surface area (Å²) in [5, 5.41) is 0.559. The van der Waals surface area contributed by atoms with Crippen molar-refractivity contribution < 1.29 is 4.39 Å². The number of hydrogen-bond acceptors (Lipinski definition) is 3. The Morgan fingerprint density at radius 1 is 1.50 bits per heavy atom. The van der Waals surface area contributed by atoms with Gasteiger partial charge in [-0.2, -0.15) is 0 Å². The summed E-state index contributed by atoms with van der Waals surface area (Å²) in [7, 11) is 4.13. The van der Waals surface area contributed by atoms with Crippen molar-refractivity contribution in [2.45, 2.75) is 24.9 Å². The molecule has 5 heteroatoms. The maximum absolute atomic E-state index is 14.1. The molecule has 3 nitrogen and oxygen atoms in total. The largest absolute Gasteiger partial charge is 0.329 e. The average molecular weight is 300 g/mol. The Labute approximate surface area is 125 Å². The Bertz CT molecular complexity index is 453. The van der Waals surface area contributed by atoms with Crippen LogP contribution in [0.4, 0.5) is 4.39 Å². The van der Waals surface area contributed by atoms with Crippen LogP contribution in [0.3, 0.4) is 0 Å². The summed E-state index contributed by atoms with van der Waals surface area (Å²) >= 11 is 6.01. The number of benzene rings is 1. The fourth-order valence-electron chi connectivity index (χ4n) is 3.10. The molecule has 0 aliphatic carbocycles. The van der Waals surface area contributed by atoms with Gasteiger partial charge < -0.3 is 10.6 Å². The van der Waals surface area contributed by atoms with Crippen molar-refractivity contribution in [3.05, 3.63) is 34.6 Å². The molecule has 112 valence electrons. The second-order valence-corrected chi connectivity index (χ2v) is 6.15. The van der Waals surface area contributed by atoms with Crippen molar-refractivity contribution in [1.82, 2.24) is 9.80 Å². The molecule has 2 unspecified atom stereocenters. The topological polar surface area (TPSA) is 32.5 Å². The minimum absolute atomic E-state index is 0.0962. The van der Waals surface area contributed by atoms with Crippen molar-refractivity contribution in [3.63, 3.8) is 0 Å². The molecule has 0 aromatic heterocycles. The van der Waals surface area contributed by atoms with Gasteiger partial charge in [0, 0.05) is 29.7 Å². The van der Waals surface area contributed by atoms with Crippen LogP contribution in [0.15, 0.2) is 18.2 Å². The molecule has 1 saturated heterocycles. The number of halogens is 2. The Morgan fingerprint density at radius 2 is 2.25 bits per heavy atom. The standard InChI is InChI=1S/C15H23ClFN3/c1-19(2)10-12-4-3-7-20(12)15(9-18)13-8-11(16)5-6-14(13)17/h5-6,8,12,15H,3-4,7,9-10,18H2,1-2H3. The van der Waals surface area contributed by atoms with E-state index >= 15 is 0 Å². The molecule has 0 bridgehead atoms. The molecular formula is C15H23ClFN3. The molecular weight excluding hydrogens is 277 g/mol.